The van der Waals surface area contributed by atoms with Crippen LogP contribution in [0.1, 0.15) is 13.1 Å². The lowest BCUT2D eigenvalue weighted by atomic mass is 10.2. The van der Waals surface area contributed by atoms with Crippen LogP contribution in [0.25, 0.3) is 21.8 Å². The molecular weight excluding hydrogens is 300 g/mol. The summed E-state index contributed by atoms with van der Waals surface area (Å²) >= 11 is 0. The van der Waals surface area contributed by atoms with Gasteiger partial charge in [-0.1, -0.05) is 36.4 Å². The Labute approximate surface area is 139 Å². The molecule has 4 rings (SSSR count). The van der Waals surface area contributed by atoms with E-state index in [1.165, 1.54) is 0 Å². The Morgan fingerprint density at radius 1 is 0.917 bits per heavy atom. The molecule has 0 spiro atoms. The molecule has 1 atom stereocenters. The summed E-state index contributed by atoms with van der Waals surface area (Å²) in [5.41, 5.74) is 2.04. The molecule has 1 unspecified atom stereocenters. The third-order valence-corrected chi connectivity index (χ3v) is 4.27. The van der Waals surface area contributed by atoms with Crippen LogP contribution in [0.3, 0.4) is 0 Å². The van der Waals surface area contributed by atoms with E-state index in [-0.39, 0.29) is 5.97 Å². The average Bonchev–Trinajstić information content (AvgIpc) is 3.24. The number of benzene rings is 2. The molecule has 0 radical (unpaired) electrons. The summed E-state index contributed by atoms with van der Waals surface area (Å²) in [5.74, 6) is -0.264. The van der Waals surface area contributed by atoms with Gasteiger partial charge in [-0.3, -0.25) is 0 Å². The van der Waals surface area contributed by atoms with Crippen LogP contribution in [-0.2, 0) is 9.53 Å². The highest BCUT2D eigenvalue weighted by atomic mass is 16.5. The van der Waals surface area contributed by atoms with Gasteiger partial charge < -0.3 is 13.9 Å². The molecule has 0 saturated heterocycles. The van der Waals surface area contributed by atoms with Crippen molar-refractivity contribution in [3.63, 3.8) is 0 Å². The second-order valence-corrected chi connectivity index (χ2v) is 5.66. The Kier molecular flexibility index (Phi) is 3.58. The van der Waals surface area contributed by atoms with Crippen molar-refractivity contribution >= 4 is 27.8 Å². The minimum atomic E-state index is -0.565. The maximum absolute atomic E-state index is 12.8. The van der Waals surface area contributed by atoms with E-state index >= 15 is 0 Å². The van der Waals surface area contributed by atoms with Gasteiger partial charge in [0.15, 0.2) is 0 Å². The lowest BCUT2D eigenvalue weighted by Gasteiger charge is -2.21. The maximum Gasteiger partial charge on any atom is 0.350 e. The Morgan fingerprint density at radius 2 is 1.46 bits per heavy atom. The lowest BCUT2D eigenvalue weighted by molar-refractivity contribution is -0.147. The molecule has 2 aromatic carbocycles. The maximum atomic E-state index is 12.8. The first kappa shape index (κ1) is 14.6. The van der Waals surface area contributed by atoms with E-state index in [0.717, 1.165) is 21.8 Å². The first-order valence-electron chi connectivity index (χ1n) is 8.08. The van der Waals surface area contributed by atoms with Crippen LogP contribution >= 0.6 is 0 Å². The Morgan fingerprint density at radius 3 is 2.00 bits per heavy atom. The van der Waals surface area contributed by atoms with Crippen molar-refractivity contribution in [1.29, 1.82) is 0 Å². The van der Waals surface area contributed by atoms with Crippen LogP contribution in [-0.4, -0.2) is 21.7 Å². The third kappa shape index (κ3) is 2.19. The highest BCUT2D eigenvalue weighted by Crippen LogP contribution is 2.32. The molecule has 4 nitrogen and oxygen atoms in total. The summed E-state index contributed by atoms with van der Waals surface area (Å²) in [6.45, 7) is 2.18. The number of hydrogen-bond donors (Lipinski definition) is 0. The molecule has 4 heteroatoms. The number of nitrogens with zero attached hydrogens (tertiary/aromatic N) is 2. The van der Waals surface area contributed by atoms with E-state index in [1.807, 2.05) is 72.4 Å². The zero-order valence-electron chi connectivity index (χ0n) is 13.4. The molecule has 24 heavy (non-hydrogen) atoms. The smallest absolute Gasteiger partial charge is 0.350 e. The molecule has 0 aliphatic rings. The van der Waals surface area contributed by atoms with Gasteiger partial charge in [-0.15, -0.1) is 0 Å². The number of carbonyl (C=O) groups excluding carboxylic acids is 1. The molecule has 120 valence electrons. The van der Waals surface area contributed by atoms with Crippen LogP contribution in [0.5, 0.6) is 0 Å². The van der Waals surface area contributed by atoms with Gasteiger partial charge in [-0.25, -0.2) is 4.79 Å². The molecular formula is C20H18N2O2. The molecule has 0 saturated carbocycles. The predicted molar refractivity (Wildman–Crippen MR) is 94.9 cm³/mol. The van der Waals surface area contributed by atoms with Gasteiger partial charge >= 0.3 is 5.97 Å². The van der Waals surface area contributed by atoms with Gasteiger partial charge in [0, 0.05) is 23.2 Å². The van der Waals surface area contributed by atoms with Crippen LogP contribution < -0.4 is 0 Å². The number of carbonyl (C=O) groups is 1. The van der Waals surface area contributed by atoms with Gasteiger partial charge in [0.25, 0.3) is 0 Å². The normalized spacial score (nSPS) is 12.5. The van der Waals surface area contributed by atoms with Crippen molar-refractivity contribution in [3.8, 4) is 0 Å². The highest BCUT2D eigenvalue weighted by Gasteiger charge is 2.26. The summed E-state index contributed by atoms with van der Waals surface area (Å²) in [7, 11) is 0. The molecule has 0 aliphatic carbocycles. The largest absolute Gasteiger partial charge is 0.463 e. The molecule has 0 N–H and O–H groups in total. The monoisotopic (exact) mass is 318 g/mol. The summed E-state index contributed by atoms with van der Waals surface area (Å²) in [5, 5.41) is 2.27. The van der Waals surface area contributed by atoms with Gasteiger partial charge in [-0.2, -0.15) is 0 Å². The summed E-state index contributed by atoms with van der Waals surface area (Å²) in [6, 6.07) is 20.1. The molecule has 0 aliphatic heterocycles. The number of rotatable bonds is 4. The fourth-order valence-electron chi connectivity index (χ4n) is 3.30. The highest BCUT2D eigenvalue weighted by molar-refractivity contribution is 6.08. The second-order valence-electron chi connectivity index (χ2n) is 5.66. The summed E-state index contributed by atoms with van der Waals surface area (Å²) in [4.78, 5) is 12.8. The Balaban J connectivity index is 2.05. The number of aromatic nitrogens is 2. The van der Waals surface area contributed by atoms with Crippen molar-refractivity contribution in [2.45, 2.75) is 13.1 Å². The van der Waals surface area contributed by atoms with Crippen molar-refractivity contribution < 1.29 is 9.53 Å². The minimum absolute atomic E-state index is 0.264. The van der Waals surface area contributed by atoms with Gasteiger partial charge in [0.2, 0.25) is 6.17 Å². The number of hydrogen-bond acceptors (Lipinski definition) is 2. The van der Waals surface area contributed by atoms with E-state index < -0.39 is 6.17 Å². The second kappa shape index (κ2) is 5.89. The molecule has 0 amide bonds. The topological polar surface area (TPSA) is 36.2 Å². The fraction of sp³-hybridized carbons (Fsp3) is 0.150. The Hall–Kier alpha value is -3.01. The van der Waals surface area contributed by atoms with Crippen LogP contribution in [0.15, 0.2) is 73.1 Å². The van der Waals surface area contributed by atoms with Gasteiger partial charge in [-0.05, 0) is 31.2 Å². The molecule has 2 heterocycles. The predicted octanol–water partition coefficient (Wildman–Crippen LogP) is 4.21. The van der Waals surface area contributed by atoms with E-state index in [2.05, 4.69) is 16.7 Å². The van der Waals surface area contributed by atoms with Gasteiger partial charge in [0.1, 0.15) is 0 Å². The summed E-state index contributed by atoms with van der Waals surface area (Å²) < 4.78 is 9.31. The first-order chi connectivity index (χ1) is 11.8. The molecule has 0 fully saturated rings. The Bertz CT molecular complexity index is 946. The van der Waals surface area contributed by atoms with Crippen molar-refractivity contribution in [1.82, 2.24) is 9.13 Å². The summed E-state index contributed by atoms with van der Waals surface area (Å²) in [6.07, 6.45) is 3.22. The van der Waals surface area contributed by atoms with Crippen LogP contribution in [0.4, 0.5) is 0 Å². The van der Waals surface area contributed by atoms with E-state index in [9.17, 15) is 4.79 Å². The fourth-order valence-corrected chi connectivity index (χ4v) is 3.30. The minimum Gasteiger partial charge on any atom is -0.463 e. The first-order valence-corrected chi connectivity index (χ1v) is 8.08. The zero-order valence-corrected chi connectivity index (χ0v) is 13.4. The van der Waals surface area contributed by atoms with E-state index in [4.69, 9.17) is 4.74 Å². The average molecular weight is 318 g/mol. The number of esters is 1. The van der Waals surface area contributed by atoms with Crippen LogP contribution in [0.2, 0.25) is 0 Å². The van der Waals surface area contributed by atoms with Crippen molar-refractivity contribution in [2.75, 3.05) is 6.61 Å². The number of para-hydroxylation sites is 2. The standard InChI is InChI=1S/C20H18N2O2/c1-2-24-20(23)19(21-13-7-8-14-21)22-17-11-5-3-9-15(17)16-10-4-6-12-18(16)22/h3-14,19H,2H2,1H3. The third-order valence-electron chi connectivity index (χ3n) is 4.27. The van der Waals surface area contributed by atoms with E-state index in [1.54, 1.807) is 0 Å². The molecule has 4 aromatic rings. The lowest BCUT2D eigenvalue weighted by Crippen LogP contribution is -2.27. The number of ether oxygens (including phenoxy) is 1. The van der Waals surface area contributed by atoms with Gasteiger partial charge in [0.05, 0.1) is 17.6 Å². The molecule has 0 bridgehead atoms. The van der Waals surface area contributed by atoms with E-state index in [0.29, 0.717) is 6.61 Å². The number of fused-ring (bicyclic) bond motifs is 3. The quantitative estimate of drug-likeness (QED) is 0.529. The molecule has 2 aromatic heterocycles. The van der Waals surface area contributed by atoms with Crippen molar-refractivity contribution in [3.05, 3.63) is 73.1 Å². The SMILES string of the molecule is CCOC(=O)C(n1cccc1)n1c2ccccc2c2ccccc21. The van der Waals surface area contributed by atoms with Crippen molar-refractivity contribution in [2.24, 2.45) is 0 Å². The van der Waals surface area contributed by atoms with Crippen LogP contribution in [0, 0.1) is 0 Å². The zero-order chi connectivity index (χ0) is 16.5.